The zero-order chi connectivity index (χ0) is 12.6. The van der Waals surface area contributed by atoms with Crippen LogP contribution < -0.4 is 0 Å². The first-order valence-corrected chi connectivity index (χ1v) is 6.04. The van der Waals surface area contributed by atoms with Gasteiger partial charge in [0.2, 0.25) is 0 Å². The van der Waals surface area contributed by atoms with Crippen LogP contribution in [0, 0.1) is 34.6 Å². The van der Waals surface area contributed by atoms with Gasteiger partial charge in [-0.2, -0.15) is 0 Å². The number of benzene rings is 1. The monoisotopic (exact) mass is 228 g/mol. The molecule has 2 nitrogen and oxygen atoms in total. The number of aromatic nitrogens is 2. The molecule has 0 spiro atoms. The summed E-state index contributed by atoms with van der Waals surface area (Å²) in [5, 5.41) is 0. The summed E-state index contributed by atoms with van der Waals surface area (Å²) in [6.45, 7) is 11.8. The van der Waals surface area contributed by atoms with Crippen LogP contribution >= 0.6 is 0 Å². The Morgan fingerprint density at radius 1 is 1.00 bits per heavy atom. The van der Waals surface area contributed by atoms with Crippen molar-refractivity contribution in [3.63, 3.8) is 0 Å². The van der Waals surface area contributed by atoms with E-state index in [2.05, 4.69) is 43.3 Å². The maximum absolute atomic E-state index is 4.28. The predicted molar refractivity (Wildman–Crippen MR) is 71.5 cm³/mol. The largest absolute Gasteiger partial charge is 0.331 e. The Bertz CT molecular complexity index is 550. The number of hydrogen-bond donors (Lipinski definition) is 0. The van der Waals surface area contributed by atoms with E-state index in [-0.39, 0.29) is 0 Å². The third-order valence-corrected chi connectivity index (χ3v) is 3.77. The Kier molecular flexibility index (Phi) is 3.05. The van der Waals surface area contributed by atoms with E-state index in [9.17, 15) is 0 Å². The van der Waals surface area contributed by atoms with Crippen LogP contribution in [-0.2, 0) is 6.54 Å². The lowest BCUT2D eigenvalue weighted by atomic mass is 9.94. The second-order valence-corrected chi connectivity index (χ2v) is 4.84. The molecule has 1 aromatic heterocycles. The van der Waals surface area contributed by atoms with E-state index in [4.69, 9.17) is 0 Å². The molecule has 0 saturated heterocycles. The molecule has 0 aliphatic rings. The zero-order valence-corrected chi connectivity index (χ0v) is 11.3. The van der Waals surface area contributed by atoms with Crippen molar-refractivity contribution < 1.29 is 0 Å². The normalized spacial score (nSPS) is 10.9. The SMILES string of the molecule is Cc1cc(C)c(Cn2ccnc2C)c(C)c1C. The van der Waals surface area contributed by atoms with E-state index < -0.39 is 0 Å². The fourth-order valence-electron chi connectivity index (χ4n) is 2.32. The van der Waals surface area contributed by atoms with E-state index in [1.54, 1.807) is 0 Å². The molecular formula is C15H20N2. The molecule has 0 saturated carbocycles. The average Bonchev–Trinajstić information content (AvgIpc) is 2.67. The minimum absolute atomic E-state index is 0.921. The van der Waals surface area contributed by atoms with Crippen molar-refractivity contribution >= 4 is 0 Å². The fraction of sp³-hybridized carbons (Fsp3) is 0.400. The van der Waals surface area contributed by atoms with E-state index in [1.807, 2.05) is 19.3 Å². The van der Waals surface area contributed by atoms with E-state index in [0.717, 1.165) is 12.4 Å². The Morgan fingerprint density at radius 2 is 1.71 bits per heavy atom. The minimum Gasteiger partial charge on any atom is -0.331 e. The highest BCUT2D eigenvalue weighted by Gasteiger charge is 2.09. The van der Waals surface area contributed by atoms with E-state index >= 15 is 0 Å². The summed E-state index contributed by atoms with van der Waals surface area (Å²) >= 11 is 0. The molecular weight excluding hydrogens is 208 g/mol. The van der Waals surface area contributed by atoms with Gasteiger partial charge in [-0.1, -0.05) is 6.07 Å². The van der Waals surface area contributed by atoms with Crippen LogP contribution in [0.1, 0.15) is 33.6 Å². The maximum Gasteiger partial charge on any atom is 0.105 e. The Morgan fingerprint density at radius 3 is 2.29 bits per heavy atom. The minimum atomic E-state index is 0.921. The number of rotatable bonds is 2. The van der Waals surface area contributed by atoms with Gasteiger partial charge in [0.05, 0.1) is 0 Å². The molecule has 0 N–H and O–H groups in total. The van der Waals surface area contributed by atoms with Gasteiger partial charge in [0.25, 0.3) is 0 Å². The fourth-order valence-corrected chi connectivity index (χ4v) is 2.32. The van der Waals surface area contributed by atoms with Gasteiger partial charge in [0, 0.05) is 18.9 Å². The molecule has 0 fully saturated rings. The lowest BCUT2D eigenvalue weighted by molar-refractivity contribution is 0.752. The average molecular weight is 228 g/mol. The molecule has 0 amide bonds. The molecule has 0 radical (unpaired) electrons. The van der Waals surface area contributed by atoms with Crippen molar-refractivity contribution in [1.29, 1.82) is 0 Å². The third-order valence-electron chi connectivity index (χ3n) is 3.77. The van der Waals surface area contributed by atoms with Crippen molar-refractivity contribution in [3.05, 3.63) is 52.1 Å². The summed E-state index contributed by atoms with van der Waals surface area (Å²) in [6, 6.07) is 2.28. The second-order valence-electron chi connectivity index (χ2n) is 4.84. The molecule has 2 heteroatoms. The highest BCUT2D eigenvalue weighted by molar-refractivity contribution is 5.44. The molecule has 2 rings (SSSR count). The van der Waals surface area contributed by atoms with Crippen LogP contribution in [0.2, 0.25) is 0 Å². The first-order chi connectivity index (χ1) is 8.00. The molecule has 90 valence electrons. The van der Waals surface area contributed by atoms with Crippen molar-refractivity contribution in [1.82, 2.24) is 9.55 Å². The summed E-state index contributed by atoms with van der Waals surface area (Å²) in [7, 11) is 0. The molecule has 0 bridgehead atoms. The van der Waals surface area contributed by atoms with Crippen molar-refractivity contribution in [2.24, 2.45) is 0 Å². The molecule has 1 aromatic carbocycles. The summed E-state index contributed by atoms with van der Waals surface area (Å²) < 4.78 is 2.20. The van der Waals surface area contributed by atoms with Crippen LogP contribution in [-0.4, -0.2) is 9.55 Å². The molecule has 0 aliphatic heterocycles. The summed E-state index contributed by atoms with van der Waals surface area (Å²) in [5.41, 5.74) is 7.00. The smallest absolute Gasteiger partial charge is 0.105 e. The predicted octanol–water partition coefficient (Wildman–Crippen LogP) is 3.47. The zero-order valence-electron chi connectivity index (χ0n) is 11.3. The van der Waals surface area contributed by atoms with Gasteiger partial charge >= 0.3 is 0 Å². The quantitative estimate of drug-likeness (QED) is 0.769. The topological polar surface area (TPSA) is 17.8 Å². The van der Waals surface area contributed by atoms with Crippen LogP contribution in [0.25, 0.3) is 0 Å². The van der Waals surface area contributed by atoms with Gasteiger partial charge in [0.1, 0.15) is 5.82 Å². The van der Waals surface area contributed by atoms with Gasteiger partial charge in [0.15, 0.2) is 0 Å². The van der Waals surface area contributed by atoms with Gasteiger partial charge in [-0.15, -0.1) is 0 Å². The third kappa shape index (κ3) is 2.12. The number of nitrogens with zero attached hydrogens (tertiary/aromatic N) is 2. The van der Waals surface area contributed by atoms with Crippen molar-refractivity contribution in [2.75, 3.05) is 0 Å². The first-order valence-electron chi connectivity index (χ1n) is 6.04. The number of aryl methyl sites for hydroxylation is 3. The van der Waals surface area contributed by atoms with Gasteiger partial charge in [-0.05, 0) is 62.4 Å². The Labute approximate surface area is 103 Å². The highest BCUT2D eigenvalue weighted by Crippen LogP contribution is 2.22. The van der Waals surface area contributed by atoms with Crippen LogP contribution in [0.4, 0.5) is 0 Å². The van der Waals surface area contributed by atoms with Crippen molar-refractivity contribution in [2.45, 2.75) is 41.2 Å². The molecule has 0 aliphatic carbocycles. The highest BCUT2D eigenvalue weighted by atomic mass is 15.0. The lowest BCUT2D eigenvalue weighted by Crippen LogP contribution is -2.06. The Hall–Kier alpha value is -1.57. The van der Waals surface area contributed by atoms with Gasteiger partial charge in [-0.25, -0.2) is 4.98 Å². The maximum atomic E-state index is 4.28. The first kappa shape index (κ1) is 11.9. The summed E-state index contributed by atoms with van der Waals surface area (Å²) in [5.74, 6) is 1.07. The van der Waals surface area contributed by atoms with E-state index in [0.29, 0.717) is 0 Å². The number of hydrogen-bond acceptors (Lipinski definition) is 1. The van der Waals surface area contributed by atoms with Crippen LogP contribution in [0.15, 0.2) is 18.5 Å². The van der Waals surface area contributed by atoms with Gasteiger partial charge in [-0.3, -0.25) is 0 Å². The summed E-state index contributed by atoms with van der Waals surface area (Å²) in [4.78, 5) is 4.28. The summed E-state index contributed by atoms with van der Waals surface area (Å²) in [6.07, 6.45) is 3.91. The van der Waals surface area contributed by atoms with Crippen LogP contribution in [0.3, 0.4) is 0 Å². The van der Waals surface area contributed by atoms with Crippen molar-refractivity contribution in [3.8, 4) is 0 Å². The molecule has 0 unspecified atom stereocenters. The number of imidazole rings is 1. The van der Waals surface area contributed by atoms with Gasteiger partial charge < -0.3 is 4.57 Å². The molecule has 17 heavy (non-hydrogen) atoms. The lowest BCUT2D eigenvalue weighted by Gasteiger charge is -2.16. The second kappa shape index (κ2) is 4.36. The van der Waals surface area contributed by atoms with E-state index in [1.165, 1.54) is 27.8 Å². The molecule has 0 atom stereocenters. The standard InChI is InChI=1S/C15H20N2/c1-10-8-11(2)15(13(4)12(10)3)9-17-7-6-16-14(17)5/h6-8H,9H2,1-5H3. The molecule has 2 aromatic rings. The molecule has 1 heterocycles. The Balaban J connectivity index is 2.47. The van der Waals surface area contributed by atoms with Crippen LogP contribution in [0.5, 0.6) is 0 Å².